The summed E-state index contributed by atoms with van der Waals surface area (Å²) in [7, 11) is 0. The molecule has 1 aromatic heterocycles. The molecule has 15 heavy (non-hydrogen) atoms. The minimum atomic E-state index is -1.01. The summed E-state index contributed by atoms with van der Waals surface area (Å²) in [5.41, 5.74) is 0.724. The Morgan fingerprint density at radius 2 is 2.47 bits per heavy atom. The third-order valence-corrected chi connectivity index (χ3v) is 2.72. The van der Waals surface area contributed by atoms with Crippen LogP contribution in [0.3, 0.4) is 0 Å². The first kappa shape index (κ1) is 10.1. The van der Waals surface area contributed by atoms with Gasteiger partial charge in [-0.05, 0) is 12.8 Å². The first-order chi connectivity index (χ1) is 7.13. The van der Waals surface area contributed by atoms with E-state index in [2.05, 4.69) is 4.98 Å². The van der Waals surface area contributed by atoms with E-state index in [4.69, 9.17) is 5.11 Å². The van der Waals surface area contributed by atoms with Crippen molar-refractivity contribution in [1.82, 2.24) is 9.55 Å². The molecule has 2 heterocycles. The van der Waals surface area contributed by atoms with Crippen molar-refractivity contribution in [2.24, 2.45) is 0 Å². The standard InChI is InChI=1S/C10H13FN2O2/c1-2-7-9(10(14)15)13-5-6(11)3-4-8(13)12-7/h6H,2-5H2,1H3,(H,14,15). The summed E-state index contributed by atoms with van der Waals surface area (Å²) in [5.74, 6) is -0.308. The van der Waals surface area contributed by atoms with Crippen LogP contribution in [-0.2, 0) is 19.4 Å². The van der Waals surface area contributed by atoms with Gasteiger partial charge in [0.05, 0.1) is 12.2 Å². The quantitative estimate of drug-likeness (QED) is 0.806. The van der Waals surface area contributed by atoms with Gasteiger partial charge in [0.15, 0.2) is 5.69 Å². The van der Waals surface area contributed by atoms with Gasteiger partial charge in [0, 0.05) is 6.42 Å². The highest BCUT2D eigenvalue weighted by Crippen LogP contribution is 2.22. The molecule has 0 bridgehead atoms. The van der Waals surface area contributed by atoms with Crippen LogP contribution in [0, 0.1) is 0 Å². The molecule has 0 amide bonds. The van der Waals surface area contributed by atoms with Gasteiger partial charge in [-0.25, -0.2) is 14.2 Å². The maximum atomic E-state index is 13.2. The van der Waals surface area contributed by atoms with Crippen molar-refractivity contribution in [2.75, 3.05) is 0 Å². The summed E-state index contributed by atoms with van der Waals surface area (Å²) in [6.07, 6.45) is 0.591. The van der Waals surface area contributed by atoms with E-state index < -0.39 is 12.1 Å². The number of fused-ring (bicyclic) bond motifs is 1. The molecule has 0 aliphatic carbocycles. The monoisotopic (exact) mass is 212 g/mol. The van der Waals surface area contributed by atoms with Gasteiger partial charge in [-0.2, -0.15) is 0 Å². The summed E-state index contributed by atoms with van der Waals surface area (Å²) in [5, 5.41) is 9.04. The van der Waals surface area contributed by atoms with Crippen LogP contribution >= 0.6 is 0 Å². The van der Waals surface area contributed by atoms with E-state index in [1.807, 2.05) is 6.92 Å². The molecule has 0 fully saturated rings. The minimum absolute atomic E-state index is 0.129. The van der Waals surface area contributed by atoms with E-state index >= 15 is 0 Å². The number of hydrogen-bond donors (Lipinski definition) is 1. The Morgan fingerprint density at radius 1 is 1.73 bits per heavy atom. The van der Waals surface area contributed by atoms with Gasteiger partial charge in [0.2, 0.25) is 0 Å². The second-order valence-electron chi connectivity index (χ2n) is 3.73. The van der Waals surface area contributed by atoms with Crippen molar-refractivity contribution < 1.29 is 14.3 Å². The molecular formula is C10H13FN2O2. The molecule has 1 aliphatic rings. The molecule has 1 aromatic rings. The molecule has 1 unspecified atom stereocenters. The average molecular weight is 212 g/mol. The fraction of sp³-hybridized carbons (Fsp3) is 0.600. The molecule has 0 radical (unpaired) electrons. The van der Waals surface area contributed by atoms with Crippen LogP contribution in [0.1, 0.15) is 35.4 Å². The number of imidazole rings is 1. The molecule has 4 nitrogen and oxygen atoms in total. The molecule has 0 saturated carbocycles. The van der Waals surface area contributed by atoms with Gasteiger partial charge in [-0.15, -0.1) is 0 Å². The van der Waals surface area contributed by atoms with Crippen LogP contribution in [0.15, 0.2) is 0 Å². The second-order valence-corrected chi connectivity index (χ2v) is 3.73. The zero-order chi connectivity index (χ0) is 11.0. The second kappa shape index (κ2) is 3.64. The molecule has 5 heteroatoms. The maximum Gasteiger partial charge on any atom is 0.354 e. The highest BCUT2D eigenvalue weighted by atomic mass is 19.1. The SMILES string of the molecule is CCc1nc2n(c1C(=O)O)CC(F)CC2. The predicted octanol–water partition coefficient (Wildman–Crippen LogP) is 1.43. The maximum absolute atomic E-state index is 13.2. The van der Waals surface area contributed by atoms with Gasteiger partial charge in [0.25, 0.3) is 0 Å². The Morgan fingerprint density at radius 3 is 3.07 bits per heavy atom. The summed E-state index contributed by atoms with van der Waals surface area (Å²) in [6.45, 7) is 1.98. The van der Waals surface area contributed by atoms with Gasteiger partial charge in [-0.1, -0.05) is 6.92 Å². The molecule has 0 spiro atoms. The number of aryl methyl sites for hydroxylation is 2. The predicted molar refractivity (Wildman–Crippen MR) is 51.8 cm³/mol. The van der Waals surface area contributed by atoms with Crippen LogP contribution in [0.4, 0.5) is 4.39 Å². The number of alkyl halides is 1. The van der Waals surface area contributed by atoms with Crippen molar-refractivity contribution in [3.05, 3.63) is 17.2 Å². The lowest BCUT2D eigenvalue weighted by molar-refractivity contribution is 0.0680. The molecule has 0 aromatic carbocycles. The van der Waals surface area contributed by atoms with Crippen LogP contribution in [0.25, 0.3) is 0 Å². The first-order valence-electron chi connectivity index (χ1n) is 5.09. The van der Waals surface area contributed by atoms with E-state index in [0.29, 0.717) is 30.8 Å². The van der Waals surface area contributed by atoms with Gasteiger partial charge in [0.1, 0.15) is 12.0 Å². The lowest BCUT2D eigenvalue weighted by Gasteiger charge is -2.18. The Bertz CT molecular complexity index is 400. The molecule has 0 saturated heterocycles. The topological polar surface area (TPSA) is 55.1 Å². The van der Waals surface area contributed by atoms with Crippen molar-refractivity contribution >= 4 is 5.97 Å². The number of aromatic carboxylic acids is 1. The van der Waals surface area contributed by atoms with E-state index in [9.17, 15) is 9.18 Å². The Kier molecular flexibility index (Phi) is 2.46. The number of nitrogens with zero attached hydrogens (tertiary/aromatic N) is 2. The van der Waals surface area contributed by atoms with Gasteiger partial charge in [-0.3, -0.25) is 0 Å². The molecule has 1 aliphatic heterocycles. The van der Waals surface area contributed by atoms with Crippen molar-refractivity contribution in [1.29, 1.82) is 0 Å². The summed E-state index contributed by atoms with van der Waals surface area (Å²) < 4.78 is 14.7. The number of aromatic nitrogens is 2. The van der Waals surface area contributed by atoms with Crippen LogP contribution in [0.5, 0.6) is 0 Å². The third-order valence-electron chi connectivity index (χ3n) is 2.72. The molecule has 82 valence electrons. The largest absolute Gasteiger partial charge is 0.477 e. The molecule has 1 N–H and O–H groups in total. The fourth-order valence-electron chi connectivity index (χ4n) is 2.00. The van der Waals surface area contributed by atoms with Gasteiger partial charge >= 0.3 is 5.97 Å². The minimum Gasteiger partial charge on any atom is -0.477 e. The smallest absolute Gasteiger partial charge is 0.354 e. The normalized spacial score (nSPS) is 20.0. The Balaban J connectivity index is 2.50. The highest BCUT2D eigenvalue weighted by Gasteiger charge is 2.27. The zero-order valence-corrected chi connectivity index (χ0v) is 8.53. The van der Waals surface area contributed by atoms with Gasteiger partial charge < -0.3 is 9.67 Å². The van der Waals surface area contributed by atoms with Crippen LogP contribution in [-0.4, -0.2) is 26.8 Å². The average Bonchev–Trinajstić information content (AvgIpc) is 2.55. The van der Waals surface area contributed by atoms with Crippen molar-refractivity contribution in [3.63, 3.8) is 0 Å². The van der Waals surface area contributed by atoms with Crippen molar-refractivity contribution in [3.8, 4) is 0 Å². The van der Waals surface area contributed by atoms with Crippen LogP contribution < -0.4 is 0 Å². The highest BCUT2D eigenvalue weighted by molar-refractivity contribution is 5.87. The van der Waals surface area contributed by atoms with Crippen LogP contribution in [0.2, 0.25) is 0 Å². The summed E-state index contributed by atoms with van der Waals surface area (Å²) >= 11 is 0. The number of hydrogen-bond acceptors (Lipinski definition) is 2. The molecule has 2 rings (SSSR count). The number of carbonyl (C=O) groups is 1. The first-order valence-corrected chi connectivity index (χ1v) is 5.09. The summed E-state index contributed by atoms with van der Waals surface area (Å²) in [4.78, 5) is 15.3. The van der Waals surface area contributed by atoms with E-state index in [1.54, 1.807) is 0 Å². The zero-order valence-electron chi connectivity index (χ0n) is 8.53. The number of carboxylic acids is 1. The lowest BCUT2D eigenvalue weighted by Crippen LogP contribution is -2.24. The number of halogens is 1. The Hall–Kier alpha value is -1.39. The number of carboxylic acid groups (broad SMARTS) is 1. The number of rotatable bonds is 2. The molecule has 1 atom stereocenters. The fourth-order valence-corrected chi connectivity index (χ4v) is 2.00. The van der Waals surface area contributed by atoms with E-state index in [-0.39, 0.29) is 12.2 Å². The third kappa shape index (κ3) is 1.62. The Labute approximate surface area is 86.7 Å². The lowest BCUT2D eigenvalue weighted by atomic mass is 10.1. The molecular weight excluding hydrogens is 199 g/mol. The van der Waals surface area contributed by atoms with E-state index in [1.165, 1.54) is 4.57 Å². The van der Waals surface area contributed by atoms with E-state index in [0.717, 1.165) is 0 Å². The van der Waals surface area contributed by atoms with Crippen molar-refractivity contribution in [2.45, 2.75) is 38.9 Å². The summed E-state index contributed by atoms with van der Waals surface area (Å²) in [6, 6.07) is 0.